The highest BCUT2D eigenvalue weighted by molar-refractivity contribution is 5.70. The highest BCUT2D eigenvalue weighted by Gasteiger charge is 2.22. The molecule has 3 rings (SSSR count). The molecule has 9 nitrogen and oxygen atoms in total. The van der Waals surface area contributed by atoms with Crippen LogP contribution in [0.5, 0.6) is 0 Å². The fourth-order valence-corrected chi connectivity index (χ4v) is 3.88. The maximum Gasteiger partial charge on any atom is 0.329 e. The average Bonchev–Trinajstić information content (AvgIpc) is 3.07. The number of aryl methyl sites for hydroxylation is 1. The second kappa shape index (κ2) is 9.49. The van der Waals surface area contributed by atoms with Crippen molar-refractivity contribution < 1.29 is 14.5 Å². The Labute approximate surface area is 164 Å². The Bertz CT molecular complexity index is 893. The van der Waals surface area contributed by atoms with Gasteiger partial charge in [0.25, 0.3) is 5.56 Å². The van der Waals surface area contributed by atoms with E-state index in [1.807, 2.05) is 4.57 Å². The summed E-state index contributed by atoms with van der Waals surface area (Å²) in [5, 5.41) is 0. The predicted octanol–water partition coefficient (Wildman–Crippen LogP) is -2.46. The maximum absolute atomic E-state index is 12.6. The third-order valence-corrected chi connectivity index (χ3v) is 5.77. The minimum atomic E-state index is -0.418. The van der Waals surface area contributed by atoms with E-state index in [4.69, 9.17) is 9.72 Å². The van der Waals surface area contributed by atoms with E-state index < -0.39 is 5.69 Å². The number of H-pyrrole nitrogens is 1. The molecule has 0 saturated carbocycles. The van der Waals surface area contributed by atoms with Crippen LogP contribution in [0.15, 0.2) is 9.59 Å². The van der Waals surface area contributed by atoms with Crippen molar-refractivity contribution in [3.05, 3.63) is 26.7 Å². The number of nitrogens with zero attached hydrogens (tertiary/aromatic N) is 3. The number of fused-ring (bicyclic) bond motifs is 1. The number of aromatic amines is 1. The molecule has 2 aromatic rings. The van der Waals surface area contributed by atoms with E-state index in [2.05, 4.69) is 18.8 Å². The van der Waals surface area contributed by atoms with Crippen LogP contribution in [0.25, 0.3) is 11.2 Å². The number of hydrogen-bond donors (Lipinski definition) is 3. The zero-order valence-electron chi connectivity index (χ0n) is 17.3. The zero-order valence-corrected chi connectivity index (χ0v) is 17.3. The van der Waals surface area contributed by atoms with Gasteiger partial charge in [-0.15, -0.1) is 0 Å². The molecular formula is C19H34N6O3+2. The molecule has 1 aliphatic rings. The summed E-state index contributed by atoms with van der Waals surface area (Å²) in [6, 6.07) is 0. The lowest BCUT2D eigenvalue weighted by molar-refractivity contribution is -0.913. The minimum Gasteiger partial charge on any atom is -0.370 e. The van der Waals surface area contributed by atoms with Gasteiger partial charge >= 0.3 is 5.69 Å². The molecule has 3 N–H and O–H groups in total. The highest BCUT2D eigenvalue weighted by atomic mass is 16.5. The summed E-state index contributed by atoms with van der Waals surface area (Å²) in [6.07, 6.45) is 2.33. The first-order valence-corrected chi connectivity index (χ1v) is 10.5. The summed E-state index contributed by atoms with van der Waals surface area (Å²) in [5.41, 5.74) is 0.223. The second-order valence-corrected chi connectivity index (χ2v) is 7.67. The van der Waals surface area contributed by atoms with Gasteiger partial charge in [-0.2, -0.15) is 0 Å². The molecule has 1 fully saturated rings. The molecule has 2 aromatic heterocycles. The number of unbranched alkanes of at least 4 members (excludes halogenated alkanes) is 1. The zero-order chi connectivity index (χ0) is 20.1. The van der Waals surface area contributed by atoms with Crippen molar-refractivity contribution in [3.63, 3.8) is 0 Å². The van der Waals surface area contributed by atoms with Crippen LogP contribution in [-0.2, 0) is 24.9 Å². The smallest absolute Gasteiger partial charge is 0.329 e. The van der Waals surface area contributed by atoms with Crippen molar-refractivity contribution in [2.45, 2.75) is 39.8 Å². The van der Waals surface area contributed by atoms with E-state index >= 15 is 0 Å². The summed E-state index contributed by atoms with van der Waals surface area (Å²) < 4.78 is 8.93. The number of ether oxygens (including phenoxy) is 1. The molecule has 1 atom stereocenters. The van der Waals surface area contributed by atoms with Gasteiger partial charge in [0.15, 0.2) is 17.0 Å². The standard InChI is InChI=1S/C19H32N6O3/c1-4-6-7-23(5-2)14-15-20-17-16(18(26)21-19(27)22(17)3)25(15)9-8-24-10-12-28-13-11-24/h4-14H2,1-3H3,(H,21,26,27)/p+2. The molecule has 9 heteroatoms. The molecule has 28 heavy (non-hydrogen) atoms. The normalized spacial score (nSPS) is 16.7. The average molecular weight is 395 g/mol. The van der Waals surface area contributed by atoms with Crippen molar-refractivity contribution in [2.75, 3.05) is 45.9 Å². The Morgan fingerprint density at radius 3 is 2.68 bits per heavy atom. The van der Waals surface area contributed by atoms with Crippen LogP contribution in [-0.4, -0.2) is 65.0 Å². The number of aromatic nitrogens is 4. The fraction of sp³-hybridized carbons (Fsp3) is 0.737. The monoisotopic (exact) mass is 394 g/mol. The van der Waals surface area contributed by atoms with Crippen LogP contribution < -0.4 is 21.0 Å². The Morgan fingerprint density at radius 1 is 1.25 bits per heavy atom. The first-order chi connectivity index (χ1) is 13.5. The third-order valence-electron chi connectivity index (χ3n) is 5.77. The lowest BCUT2D eigenvalue weighted by Gasteiger charge is -2.24. The molecule has 0 bridgehead atoms. The van der Waals surface area contributed by atoms with Gasteiger partial charge in [-0.05, 0) is 13.3 Å². The van der Waals surface area contributed by atoms with Gasteiger partial charge in [0, 0.05) is 7.05 Å². The Hall–Kier alpha value is -1.97. The van der Waals surface area contributed by atoms with Crippen molar-refractivity contribution in [1.29, 1.82) is 0 Å². The fourth-order valence-electron chi connectivity index (χ4n) is 3.88. The quantitative estimate of drug-likeness (QED) is 0.440. The molecule has 3 heterocycles. The molecule has 1 aliphatic heterocycles. The van der Waals surface area contributed by atoms with E-state index in [0.29, 0.717) is 17.7 Å². The number of nitrogens with one attached hydrogen (secondary N) is 3. The van der Waals surface area contributed by atoms with Gasteiger partial charge in [0.2, 0.25) is 0 Å². The van der Waals surface area contributed by atoms with E-state index in [-0.39, 0.29) is 5.56 Å². The number of morpholine rings is 1. The van der Waals surface area contributed by atoms with Gasteiger partial charge in [-0.1, -0.05) is 13.3 Å². The lowest BCUT2D eigenvalue weighted by atomic mass is 10.3. The van der Waals surface area contributed by atoms with Gasteiger partial charge in [-0.25, -0.2) is 9.78 Å². The lowest BCUT2D eigenvalue weighted by Crippen LogP contribution is -3.14. The highest BCUT2D eigenvalue weighted by Crippen LogP contribution is 2.09. The minimum absolute atomic E-state index is 0.347. The van der Waals surface area contributed by atoms with Crippen molar-refractivity contribution in [1.82, 2.24) is 19.1 Å². The Balaban J connectivity index is 1.95. The second-order valence-electron chi connectivity index (χ2n) is 7.67. The molecule has 1 saturated heterocycles. The number of hydrogen-bond acceptors (Lipinski definition) is 4. The largest absolute Gasteiger partial charge is 0.370 e. The molecule has 0 aromatic carbocycles. The molecule has 1 unspecified atom stereocenters. The summed E-state index contributed by atoms with van der Waals surface area (Å²) in [7, 11) is 1.66. The van der Waals surface area contributed by atoms with Crippen LogP contribution in [0.4, 0.5) is 0 Å². The van der Waals surface area contributed by atoms with Crippen LogP contribution in [0, 0.1) is 0 Å². The first kappa shape index (κ1) is 20.8. The number of imidazole rings is 1. The number of rotatable bonds is 9. The summed E-state index contributed by atoms with van der Waals surface area (Å²) in [4.78, 5) is 34.7. The van der Waals surface area contributed by atoms with Gasteiger partial charge < -0.3 is 19.1 Å². The summed E-state index contributed by atoms with van der Waals surface area (Å²) in [5.74, 6) is 0.891. The molecule has 0 spiro atoms. The summed E-state index contributed by atoms with van der Waals surface area (Å²) in [6.45, 7) is 12.4. The third kappa shape index (κ3) is 4.53. The predicted molar refractivity (Wildman–Crippen MR) is 107 cm³/mol. The summed E-state index contributed by atoms with van der Waals surface area (Å²) >= 11 is 0. The van der Waals surface area contributed by atoms with Gasteiger partial charge in [0.1, 0.15) is 19.6 Å². The Kier molecular flexibility index (Phi) is 7.03. The number of quaternary nitrogens is 2. The molecule has 0 aliphatic carbocycles. The van der Waals surface area contributed by atoms with Gasteiger partial charge in [0.05, 0.1) is 39.4 Å². The molecular weight excluding hydrogens is 360 g/mol. The molecule has 0 amide bonds. The van der Waals surface area contributed by atoms with E-state index in [1.165, 1.54) is 20.8 Å². The van der Waals surface area contributed by atoms with Crippen LogP contribution >= 0.6 is 0 Å². The topological polar surface area (TPSA) is 90.8 Å². The van der Waals surface area contributed by atoms with Crippen LogP contribution in [0.2, 0.25) is 0 Å². The Morgan fingerprint density at radius 2 is 2.00 bits per heavy atom. The van der Waals surface area contributed by atoms with E-state index in [1.54, 1.807) is 7.05 Å². The SMILES string of the molecule is CCCC[NH+](CC)Cc1nc2c(c(=O)[nH]c(=O)n2C)n1CC[NH+]1CCOCC1. The van der Waals surface area contributed by atoms with Crippen LogP contribution in [0.3, 0.4) is 0 Å². The molecule has 0 radical (unpaired) electrons. The first-order valence-electron chi connectivity index (χ1n) is 10.5. The van der Waals surface area contributed by atoms with Crippen LogP contribution in [0.1, 0.15) is 32.5 Å². The molecule has 156 valence electrons. The maximum atomic E-state index is 12.6. The van der Waals surface area contributed by atoms with Crippen molar-refractivity contribution >= 4 is 11.2 Å². The van der Waals surface area contributed by atoms with Crippen molar-refractivity contribution in [3.8, 4) is 0 Å². The van der Waals surface area contributed by atoms with Gasteiger partial charge in [-0.3, -0.25) is 14.3 Å². The van der Waals surface area contributed by atoms with E-state index in [9.17, 15) is 9.59 Å². The van der Waals surface area contributed by atoms with Crippen molar-refractivity contribution in [2.24, 2.45) is 7.05 Å². The van der Waals surface area contributed by atoms with E-state index in [0.717, 1.165) is 64.7 Å².